The Balaban J connectivity index is 2.03. The van der Waals surface area contributed by atoms with E-state index in [1.54, 1.807) is 11.3 Å². The van der Waals surface area contributed by atoms with E-state index in [4.69, 9.17) is 0 Å². The second kappa shape index (κ2) is 4.39. The topological polar surface area (TPSA) is 17.1 Å². The van der Waals surface area contributed by atoms with Crippen molar-refractivity contribution in [3.8, 4) is 0 Å². The highest BCUT2D eigenvalue weighted by atomic mass is 32.1. The summed E-state index contributed by atoms with van der Waals surface area (Å²) in [6, 6.07) is 17.8. The van der Waals surface area contributed by atoms with Gasteiger partial charge < -0.3 is 0 Å². The van der Waals surface area contributed by atoms with Crippen LogP contribution in [0.25, 0.3) is 10.1 Å². The molecule has 0 atom stereocenters. The van der Waals surface area contributed by atoms with E-state index in [0.717, 1.165) is 20.5 Å². The molecular weight excluding hydrogens is 240 g/mol. The summed E-state index contributed by atoms with van der Waals surface area (Å²) in [5.41, 5.74) is 1.93. The quantitative estimate of drug-likeness (QED) is 0.616. The van der Waals surface area contributed by atoms with E-state index in [2.05, 4.69) is 0 Å². The highest BCUT2D eigenvalue weighted by Crippen LogP contribution is 2.27. The summed E-state index contributed by atoms with van der Waals surface area (Å²) in [7, 11) is 0. The third-order valence-corrected chi connectivity index (χ3v) is 4.08. The van der Waals surface area contributed by atoms with Crippen molar-refractivity contribution in [3.63, 3.8) is 0 Å². The molecule has 3 rings (SSSR count). The number of thiophene rings is 1. The zero-order chi connectivity index (χ0) is 12.5. The summed E-state index contributed by atoms with van der Waals surface area (Å²) in [4.78, 5) is 13.1. The smallest absolute Gasteiger partial charge is 0.202 e. The number of ketones is 1. The number of rotatable bonds is 2. The molecule has 0 bridgehead atoms. The van der Waals surface area contributed by atoms with Crippen LogP contribution in [0, 0.1) is 6.92 Å². The van der Waals surface area contributed by atoms with Crippen LogP contribution in [-0.2, 0) is 0 Å². The minimum atomic E-state index is 0.108. The van der Waals surface area contributed by atoms with Crippen molar-refractivity contribution >= 4 is 27.2 Å². The Morgan fingerprint density at radius 3 is 2.44 bits per heavy atom. The molecule has 3 aromatic rings. The third kappa shape index (κ3) is 1.95. The summed E-state index contributed by atoms with van der Waals surface area (Å²) in [5.74, 6) is 0.108. The van der Waals surface area contributed by atoms with Gasteiger partial charge in [0.15, 0.2) is 0 Å². The molecule has 1 nitrogen and oxygen atoms in total. The van der Waals surface area contributed by atoms with Gasteiger partial charge in [-0.3, -0.25) is 4.79 Å². The van der Waals surface area contributed by atoms with Crippen molar-refractivity contribution in [3.05, 3.63) is 70.6 Å². The van der Waals surface area contributed by atoms with Gasteiger partial charge in [-0.1, -0.05) is 48.0 Å². The van der Waals surface area contributed by atoms with Gasteiger partial charge in [0.1, 0.15) is 0 Å². The van der Waals surface area contributed by atoms with Crippen molar-refractivity contribution in [2.45, 2.75) is 6.92 Å². The lowest BCUT2D eigenvalue weighted by Crippen LogP contribution is -1.97. The monoisotopic (exact) mass is 252 g/mol. The SMILES string of the molecule is Cc1ccc(C(=O)c2cc3ccccc3s2)cc1. The standard InChI is InChI=1S/C16H12OS/c1-11-6-8-12(9-7-11)16(17)15-10-13-4-2-3-5-14(13)18-15/h2-10H,1H3. The molecule has 0 saturated heterocycles. The normalized spacial score (nSPS) is 10.7. The van der Waals surface area contributed by atoms with E-state index in [1.165, 1.54) is 5.56 Å². The van der Waals surface area contributed by atoms with Crippen LogP contribution in [0.4, 0.5) is 0 Å². The average molecular weight is 252 g/mol. The largest absolute Gasteiger partial charge is 0.288 e. The van der Waals surface area contributed by atoms with Crippen molar-refractivity contribution < 1.29 is 4.79 Å². The highest BCUT2D eigenvalue weighted by molar-refractivity contribution is 7.21. The number of hydrogen-bond acceptors (Lipinski definition) is 2. The molecule has 0 amide bonds. The molecule has 0 aliphatic heterocycles. The lowest BCUT2D eigenvalue weighted by molar-refractivity contribution is 0.104. The molecule has 0 unspecified atom stereocenters. The van der Waals surface area contributed by atoms with Gasteiger partial charge in [-0.15, -0.1) is 11.3 Å². The molecular formula is C16H12OS. The minimum absolute atomic E-state index is 0.108. The summed E-state index contributed by atoms with van der Waals surface area (Å²) in [5, 5.41) is 1.14. The predicted octanol–water partition coefficient (Wildman–Crippen LogP) is 4.44. The number of fused-ring (bicyclic) bond motifs is 1. The zero-order valence-corrected chi connectivity index (χ0v) is 10.8. The van der Waals surface area contributed by atoms with Crippen molar-refractivity contribution in [1.82, 2.24) is 0 Å². The molecule has 0 radical (unpaired) electrons. The first-order chi connectivity index (χ1) is 8.74. The number of hydrogen-bond donors (Lipinski definition) is 0. The Hall–Kier alpha value is -1.93. The fraction of sp³-hybridized carbons (Fsp3) is 0.0625. The van der Waals surface area contributed by atoms with Crippen LogP contribution in [0.2, 0.25) is 0 Å². The van der Waals surface area contributed by atoms with Gasteiger partial charge in [0.05, 0.1) is 4.88 Å². The second-order valence-corrected chi connectivity index (χ2v) is 5.43. The van der Waals surface area contributed by atoms with Gasteiger partial charge in [0.2, 0.25) is 5.78 Å². The van der Waals surface area contributed by atoms with Gasteiger partial charge in [-0.2, -0.15) is 0 Å². The van der Waals surface area contributed by atoms with Gasteiger partial charge in [-0.05, 0) is 24.4 Å². The predicted molar refractivity (Wildman–Crippen MR) is 76.4 cm³/mol. The first-order valence-electron chi connectivity index (χ1n) is 5.84. The summed E-state index contributed by atoms with van der Waals surface area (Å²) >= 11 is 1.55. The second-order valence-electron chi connectivity index (χ2n) is 4.34. The molecule has 88 valence electrons. The number of carbonyl (C=O) groups is 1. The molecule has 0 aliphatic carbocycles. The Bertz CT molecular complexity index is 674. The molecule has 0 fully saturated rings. The zero-order valence-electron chi connectivity index (χ0n) is 10.0. The van der Waals surface area contributed by atoms with Gasteiger partial charge in [0.25, 0.3) is 0 Å². The maximum absolute atomic E-state index is 12.3. The van der Waals surface area contributed by atoms with E-state index in [-0.39, 0.29) is 5.78 Å². The van der Waals surface area contributed by atoms with Crippen LogP contribution in [0.1, 0.15) is 20.8 Å². The van der Waals surface area contributed by atoms with E-state index in [0.29, 0.717) is 0 Å². The van der Waals surface area contributed by atoms with Crippen molar-refractivity contribution in [2.24, 2.45) is 0 Å². The molecule has 2 aromatic carbocycles. The van der Waals surface area contributed by atoms with Gasteiger partial charge >= 0.3 is 0 Å². The highest BCUT2D eigenvalue weighted by Gasteiger charge is 2.12. The molecule has 0 saturated carbocycles. The minimum Gasteiger partial charge on any atom is -0.288 e. The fourth-order valence-corrected chi connectivity index (χ4v) is 2.97. The van der Waals surface area contributed by atoms with Gasteiger partial charge in [-0.25, -0.2) is 0 Å². The lowest BCUT2D eigenvalue weighted by atomic mass is 10.1. The first kappa shape index (κ1) is 11.2. The van der Waals surface area contributed by atoms with Crippen LogP contribution in [0.5, 0.6) is 0 Å². The molecule has 0 N–H and O–H groups in total. The van der Waals surface area contributed by atoms with Crippen LogP contribution >= 0.6 is 11.3 Å². The van der Waals surface area contributed by atoms with E-state index in [1.807, 2.05) is 61.5 Å². The lowest BCUT2D eigenvalue weighted by Gasteiger charge is -1.98. The summed E-state index contributed by atoms with van der Waals surface area (Å²) in [6.07, 6.45) is 0. The Labute approximate surface area is 110 Å². The molecule has 1 heterocycles. The van der Waals surface area contributed by atoms with Crippen LogP contribution < -0.4 is 0 Å². The Morgan fingerprint density at radius 2 is 1.72 bits per heavy atom. The third-order valence-electron chi connectivity index (χ3n) is 2.96. The molecule has 2 heteroatoms. The molecule has 0 aliphatic rings. The maximum Gasteiger partial charge on any atom is 0.202 e. The number of benzene rings is 2. The maximum atomic E-state index is 12.3. The Morgan fingerprint density at radius 1 is 1.00 bits per heavy atom. The molecule has 18 heavy (non-hydrogen) atoms. The summed E-state index contributed by atoms with van der Waals surface area (Å²) in [6.45, 7) is 2.02. The number of aryl methyl sites for hydroxylation is 1. The number of carbonyl (C=O) groups excluding carboxylic acids is 1. The van der Waals surface area contributed by atoms with Crippen molar-refractivity contribution in [2.75, 3.05) is 0 Å². The fourth-order valence-electron chi connectivity index (χ4n) is 1.94. The molecule has 1 aromatic heterocycles. The van der Waals surface area contributed by atoms with E-state index >= 15 is 0 Å². The van der Waals surface area contributed by atoms with Gasteiger partial charge in [0, 0.05) is 10.3 Å². The van der Waals surface area contributed by atoms with E-state index < -0.39 is 0 Å². The summed E-state index contributed by atoms with van der Waals surface area (Å²) < 4.78 is 1.16. The first-order valence-corrected chi connectivity index (χ1v) is 6.65. The van der Waals surface area contributed by atoms with Crippen LogP contribution in [0.15, 0.2) is 54.6 Å². The van der Waals surface area contributed by atoms with E-state index in [9.17, 15) is 4.79 Å². The molecule has 0 spiro atoms. The van der Waals surface area contributed by atoms with Crippen molar-refractivity contribution in [1.29, 1.82) is 0 Å². The van der Waals surface area contributed by atoms with Crippen LogP contribution in [-0.4, -0.2) is 5.78 Å². The average Bonchev–Trinajstić information content (AvgIpc) is 2.82. The Kier molecular flexibility index (Phi) is 2.73. The van der Waals surface area contributed by atoms with Crippen LogP contribution in [0.3, 0.4) is 0 Å².